The highest BCUT2D eigenvalue weighted by Crippen LogP contribution is 2.34. The number of halogens is 2. The summed E-state index contributed by atoms with van der Waals surface area (Å²) in [6, 6.07) is 5.21. The standard InChI is InChI=1S/C18H16F2N4O2S2/c19-10-3-1-4-11(20)14(10)18-24-15(16(21)28-18)17(26)23-12-9-22-6-5-13(12)27-8-2-7-25/h1,3-6,9,25H,2,7-8,21H2,(H,23,26). The monoisotopic (exact) mass is 422 g/mol. The fourth-order valence-corrected chi connectivity index (χ4v) is 4.12. The van der Waals surface area contributed by atoms with Crippen LogP contribution < -0.4 is 11.1 Å². The fourth-order valence-electron chi connectivity index (χ4n) is 2.33. The lowest BCUT2D eigenvalue weighted by Gasteiger charge is -2.09. The van der Waals surface area contributed by atoms with Crippen LogP contribution in [0.2, 0.25) is 0 Å². The predicted octanol–water partition coefficient (Wildman–Crippen LogP) is 3.79. The first-order valence-corrected chi connectivity index (χ1v) is 10.0. The van der Waals surface area contributed by atoms with Gasteiger partial charge < -0.3 is 16.2 Å². The average Bonchev–Trinajstić information content (AvgIpc) is 3.04. The number of carbonyl (C=O) groups excluding carboxylic acids is 1. The molecule has 3 rings (SSSR count). The number of nitrogens with zero attached hydrogens (tertiary/aromatic N) is 2. The van der Waals surface area contributed by atoms with Crippen molar-refractivity contribution < 1.29 is 18.7 Å². The van der Waals surface area contributed by atoms with E-state index in [-0.39, 0.29) is 27.9 Å². The van der Waals surface area contributed by atoms with Crippen LogP contribution >= 0.6 is 23.1 Å². The van der Waals surface area contributed by atoms with E-state index >= 15 is 0 Å². The van der Waals surface area contributed by atoms with Crippen molar-refractivity contribution in [3.63, 3.8) is 0 Å². The molecule has 10 heteroatoms. The largest absolute Gasteiger partial charge is 0.396 e. The van der Waals surface area contributed by atoms with Crippen LogP contribution in [0.25, 0.3) is 10.6 Å². The predicted molar refractivity (Wildman–Crippen MR) is 106 cm³/mol. The molecule has 3 aromatic rings. The van der Waals surface area contributed by atoms with Gasteiger partial charge in [0.05, 0.1) is 17.4 Å². The van der Waals surface area contributed by atoms with Crippen LogP contribution in [0.15, 0.2) is 41.6 Å². The van der Waals surface area contributed by atoms with E-state index in [0.717, 1.165) is 28.4 Å². The summed E-state index contributed by atoms with van der Waals surface area (Å²) in [5.41, 5.74) is 5.90. The van der Waals surface area contributed by atoms with Gasteiger partial charge >= 0.3 is 0 Å². The van der Waals surface area contributed by atoms with E-state index < -0.39 is 17.5 Å². The number of aliphatic hydroxyl groups is 1. The molecule has 0 aliphatic rings. The molecule has 0 saturated carbocycles. The first-order chi connectivity index (χ1) is 13.5. The van der Waals surface area contributed by atoms with Crippen LogP contribution in [0.3, 0.4) is 0 Å². The number of carbonyl (C=O) groups is 1. The van der Waals surface area contributed by atoms with Crippen LogP contribution in [0.5, 0.6) is 0 Å². The Morgan fingerprint density at radius 3 is 2.75 bits per heavy atom. The molecule has 0 atom stereocenters. The van der Waals surface area contributed by atoms with E-state index in [9.17, 15) is 13.6 Å². The van der Waals surface area contributed by atoms with Crippen molar-refractivity contribution in [1.82, 2.24) is 9.97 Å². The number of nitrogens with one attached hydrogen (secondary N) is 1. The van der Waals surface area contributed by atoms with Gasteiger partial charge in [-0.05, 0) is 24.6 Å². The number of pyridine rings is 1. The van der Waals surface area contributed by atoms with Gasteiger partial charge in [0.1, 0.15) is 21.6 Å². The molecule has 4 N–H and O–H groups in total. The normalized spacial score (nSPS) is 10.8. The molecular weight excluding hydrogens is 406 g/mol. The molecule has 28 heavy (non-hydrogen) atoms. The lowest BCUT2D eigenvalue weighted by Crippen LogP contribution is -2.15. The van der Waals surface area contributed by atoms with Crippen molar-refractivity contribution in [2.45, 2.75) is 11.3 Å². The molecule has 0 unspecified atom stereocenters. The molecule has 0 aliphatic carbocycles. The highest BCUT2D eigenvalue weighted by atomic mass is 32.2. The van der Waals surface area contributed by atoms with Gasteiger partial charge in [0.15, 0.2) is 5.69 Å². The summed E-state index contributed by atoms with van der Waals surface area (Å²) in [4.78, 5) is 21.4. The van der Waals surface area contributed by atoms with Crippen LogP contribution in [0.1, 0.15) is 16.9 Å². The van der Waals surface area contributed by atoms with Gasteiger partial charge in [-0.25, -0.2) is 13.8 Å². The maximum Gasteiger partial charge on any atom is 0.277 e. The summed E-state index contributed by atoms with van der Waals surface area (Å²) in [6.45, 7) is 0.0739. The van der Waals surface area contributed by atoms with Gasteiger partial charge in [-0.15, -0.1) is 11.8 Å². The van der Waals surface area contributed by atoms with Gasteiger partial charge in [-0.3, -0.25) is 9.78 Å². The van der Waals surface area contributed by atoms with Crippen molar-refractivity contribution in [2.24, 2.45) is 0 Å². The summed E-state index contributed by atoms with van der Waals surface area (Å²) in [5, 5.41) is 11.6. The number of thioether (sulfide) groups is 1. The Morgan fingerprint density at radius 2 is 2.04 bits per heavy atom. The zero-order valence-corrected chi connectivity index (χ0v) is 16.1. The number of aromatic nitrogens is 2. The van der Waals surface area contributed by atoms with Crippen molar-refractivity contribution in [3.05, 3.63) is 54.0 Å². The minimum absolute atomic E-state index is 0.0121. The maximum atomic E-state index is 14.0. The molecule has 1 aromatic carbocycles. The van der Waals surface area contributed by atoms with Crippen LogP contribution in [0.4, 0.5) is 19.5 Å². The quantitative estimate of drug-likeness (QED) is 0.396. The first-order valence-electron chi connectivity index (χ1n) is 8.21. The minimum atomic E-state index is -0.782. The van der Waals surface area contributed by atoms with E-state index in [0.29, 0.717) is 17.9 Å². The van der Waals surface area contributed by atoms with Gasteiger partial charge in [-0.2, -0.15) is 0 Å². The van der Waals surface area contributed by atoms with Crippen LogP contribution in [0, 0.1) is 11.6 Å². The van der Waals surface area contributed by atoms with Crippen molar-refractivity contribution >= 4 is 39.7 Å². The molecular formula is C18H16F2N4O2S2. The highest BCUT2D eigenvalue weighted by Gasteiger charge is 2.22. The molecule has 2 aromatic heterocycles. The highest BCUT2D eigenvalue weighted by molar-refractivity contribution is 7.99. The number of aliphatic hydroxyl groups excluding tert-OH is 1. The Labute approximate surface area is 167 Å². The zero-order chi connectivity index (χ0) is 20.1. The summed E-state index contributed by atoms with van der Waals surface area (Å²) in [7, 11) is 0. The zero-order valence-electron chi connectivity index (χ0n) is 14.5. The number of benzene rings is 1. The molecule has 0 fully saturated rings. The van der Waals surface area contributed by atoms with Crippen LogP contribution in [-0.2, 0) is 0 Å². The smallest absolute Gasteiger partial charge is 0.277 e. The summed E-state index contributed by atoms with van der Waals surface area (Å²) in [6.07, 6.45) is 3.68. The number of rotatable bonds is 7. The first kappa shape index (κ1) is 20.2. The lowest BCUT2D eigenvalue weighted by molar-refractivity contribution is 0.102. The third-order valence-corrected chi connectivity index (χ3v) is 5.70. The van der Waals surface area contributed by atoms with Crippen molar-refractivity contribution in [1.29, 1.82) is 0 Å². The average molecular weight is 422 g/mol. The van der Waals surface area contributed by atoms with Crippen molar-refractivity contribution in [2.75, 3.05) is 23.4 Å². The third-order valence-electron chi connectivity index (χ3n) is 3.63. The topological polar surface area (TPSA) is 101 Å². The Balaban J connectivity index is 1.84. The van der Waals surface area contributed by atoms with E-state index in [1.165, 1.54) is 24.0 Å². The van der Waals surface area contributed by atoms with E-state index in [1.807, 2.05) is 0 Å². The summed E-state index contributed by atoms with van der Waals surface area (Å²) >= 11 is 2.29. The number of hydrogen-bond acceptors (Lipinski definition) is 7. The third kappa shape index (κ3) is 4.46. The second-order valence-corrected chi connectivity index (χ2v) is 7.75. The minimum Gasteiger partial charge on any atom is -0.396 e. The van der Waals surface area contributed by atoms with Crippen LogP contribution in [-0.4, -0.2) is 33.3 Å². The fraction of sp³-hybridized carbons (Fsp3) is 0.167. The summed E-state index contributed by atoms with van der Waals surface area (Å²) in [5.74, 6) is -1.50. The molecule has 6 nitrogen and oxygen atoms in total. The SMILES string of the molecule is Nc1sc(-c2c(F)cccc2F)nc1C(=O)Nc1cnccc1SCCCO. The van der Waals surface area contributed by atoms with Crippen molar-refractivity contribution in [3.8, 4) is 10.6 Å². The molecule has 2 heterocycles. The van der Waals surface area contributed by atoms with Gasteiger partial charge in [0, 0.05) is 23.5 Å². The number of hydrogen-bond donors (Lipinski definition) is 3. The molecule has 0 bridgehead atoms. The molecule has 1 amide bonds. The molecule has 0 spiro atoms. The second kappa shape index (κ2) is 9.09. The Bertz CT molecular complexity index is 977. The van der Waals surface area contributed by atoms with E-state index in [1.54, 1.807) is 12.3 Å². The number of thiazole rings is 1. The second-order valence-electron chi connectivity index (χ2n) is 5.58. The number of nitrogens with two attached hydrogens (primary N) is 1. The Hall–Kier alpha value is -2.56. The van der Waals surface area contributed by atoms with E-state index in [2.05, 4.69) is 15.3 Å². The van der Waals surface area contributed by atoms with Gasteiger partial charge in [-0.1, -0.05) is 17.4 Å². The molecule has 0 radical (unpaired) electrons. The Morgan fingerprint density at radius 1 is 1.29 bits per heavy atom. The van der Waals surface area contributed by atoms with Gasteiger partial charge in [0.2, 0.25) is 0 Å². The molecule has 146 valence electrons. The number of amides is 1. The van der Waals surface area contributed by atoms with Gasteiger partial charge in [0.25, 0.3) is 5.91 Å². The number of nitrogen functional groups attached to an aromatic ring is 1. The summed E-state index contributed by atoms with van der Waals surface area (Å²) < 4.78 is 28.0. The molecule has 0 aliphatic heterocycles. The Kier molecular flexibility index (Phi) is 6.55. The lowest BCUT2D eigenvalue weighted by atomic mass is 10.2. The molecule has 0 saturated heterocycles. The maximum absolute atomic E-state index is 14.0. The number of anilines is 2. The van der Waals surface area contributed by atoms with E-state index in [4.69, 9.17) is 10.8 Å².